The van der Waals surface area contributed by atoms with Gasteiger partial charge in [0, 0.05) is 76.5 Å². The van der Waals surface area contributed by atoms with Gasteiger partial charge in [-0.05, 0) is 103 Å². The second-order valence-electron chi connectivity index (χ2n) is 23.6. The second-order valence-corrected chi connectivity index (χ2v) is 23.6. The van der Waals surface area contributed by atoms with Crippen molar-refractivity contribution in [2.45, 2.75) is 38.5 Å². The van der Waals surface area contributed by atoms with Crippen molar-refractivity contribution in [3.05, 3.63) is 265 Å². The highest BCUT2D eigenvalue weighted by Gasteiger charge is 2.37. The zero-order valence-corrected chi connectivity index (χ0v) is 45.8. The Morgan fingerprint density at radius 1 is 0.268 bits per heavy atom. The predicted octanol–water partition coefficient (Wildman–Crippen LogP) is 21.2. The molecular weight excluding hydrogens is 997 g/mol. The van der Waals surface area contributed by atoms with Crippen LogP contribution in [-0.4, -0.2) is 9.97 Å². The van der Waals surface area contributed by atoms with Crippen molar-refractivity contribution in [2.75, 3.05) is 0 Å². The van der Waals surface area contributed by atoms with E-state index in [0.29, 0.717) is 0 Å². The zero-order chi connectivity index (χ0) is 54.6. The molecule has 0 saturated carbocycles. The molecule has 4 aromatic heterocycles. The molecule has 386 valence electrons. The molecule has 0 saturated heterocycles. The van der Waals surface area contributed by atoms with Gasteiger partial charge in [-0.15, -0.1) is 0 Å². The monoisotopic (exact) mass is 1050 g/mol. The summed E-state index contributed by atoms with van der Waals surface area (Å²) in [5, 5.41) is 6.52. The zero-order valence-electron chi connectivity index (χ0n) is 45.8. The highest BCUT2D eigenvalue weighted by atomic mass is 16.3. The van der Waals surface area contributed by atoms with E-state index in [2.05, 4.69) is 246 Å². The molecule has 0 radical (unpaired) electrons. The smallest absolute Gasteiger partial charge is 0.143 e. The van der Waals surface area contributed by atoms with Gasteiger partial charge >= 0.3 is 0 Å². The number of fused-ring (bicyclic) bond motifs is 15. The first-order valence-electron chi connectivity index (χ1n) is 28.4. The van der Waals surface area contributed by atoms with Gasteiger partial charge in [-0.25, -0.2) is 9.97 Å². The first kappa shape index (κ1) is 46.7. The average molecular weight is 1050 g/mol. The molecule has 0 aliphatic heterocycles. The molecular formula is C78H52N2O2. The molecule has 0 bridgehead atoms. The van der Waals surface area contributed by atoms with Gasteiger partial charge in [0.1, 0.15) is 22.3 Å². The molecule has 0 amide bonds. The lowest BCUT2D eigenvalue weighted by Gasteiger charge is -2.22. The quantitative estimate of drug-likeness (QED) is 0.156. The van der Waals surface area contributed by atoms with Gasteiger partial charge < -0.3 is 8.83 Å². The summed E-state index contributed by atoms with van der Waals surface area (Å²) >= 11 is 0. The molecule has 0 spiro atoms. The van der Waals surface area contributed by atoms with Crippen molar-refractivity contribution in [3.8, 4) is 89.3 Å². The Balaban J connectivity index is 0.868. The average Bonchev–Trinajstić information content (AvgIpc) is 3.69. The van der Waals surface area contributed by atoms with Gasteiger partial charge in [-0.2, -0.15) is 0 Å². The largest absolute Gasteiger partial charge is 0.455 e. The third-order valence-electron chi connectivity index (χ3n) is 18.3. The third kappa shape index (κ3) is 6.79. The lowest BCUT2D eigenvalue weighted by molar-refractivity contribution is 0.660. The third-order valence-corrected chi connectivity index (χ3v) is 18.3. The lowest BCUT2D eigenvalue weighted by Crippen LogP contribution is -2.14. The first-order valence-corrected chi connectivity index (χ1v) is 28.4. The minimum absolute atomic E-state index is 0.169. The van der Waals surface area contributed by atoms with Gasteiger partial charge in [0.05, 0.1) is 22.4 Å². The molecule has 2 aliphatic rings. The summed E-state index contributed by atoms with van der Waals surface area (Å²) in [5.41, 5.74) is 28.0. The van der Waals surface area contributed by atoms with Crippen LogP contribution in [0.2, 0.25) is 0 Å². The van der Waals surface area contributed by atoms with E-state index in [1.54, 1.807) is 0 Å². The van der Waals surface area contributed by atoms with Crippen LogP contribution in [0.5, 0.6) is 0 Å². The van der Waals surface area contributed by atoms with Crippen LogP contribution in [0.15, 0.2) is 251 Å². The van der Waals surface area contributed by atoms with E-state index in [4.69, 9.17) is 18.8 Å². The Hall–Kier alpha value is -10.2. The summed E-state index contributed by atoms with van der Waals surface area (Å²) < 4.78 is 13.1. The molecule has 17 rings (SSSR count). The Labute approximate surface area is 474 Å². The number of aromatic nitrogens is 2. The summed E-state index contributed by atoms with van der Waals surface area (Å²) in [6.45, 7) is 9.40. The molecule has 0 N–H and O–H groups in total. The van der Waals surface area contributed by atoms with Crippen LogP contribution in [0, 0.1) is 0 Å². The van der Waals surface area contributed by atoms with Crippen LogP contribution in [0.25, 0.3) is 155 Å². The molecule has 0 unspecified atom stereocenters. The Morgan fingerprint density at radius 2 is 0.622 bits per heavy atom. The number of benzene rings is 11. The molecule has 4 heterocycles. The normalized spacial score (nSPS) is 13.8. The summed E-state index contributed by atoms with van der Waals surface area (Å²) in [6, 6.07) is 88.2. The molecule has 15 aromatic rings. The van der Waals surface area contributed by atoms with E-state index in [-0.39, 0.29) is 10.8 Å². The maximum atomic E-state index is 6.54. The molecule has 11 aromatic carbocycles. The molecule has 82 heavy (non-hydrogen) atoms. The minimum Gasteiger partial charge on any atom is -0.455 e. The van der Waals surface area contributed by atoms with Crippen molar-refractivity contribution < 1.29 is 8.83 Å². The van der Waals surface area contributed by atoms with Crippen molar-refractivity contribution in [1.29, 1.82) is 0 Å². The fraction of sp³-hybridized carbons (Fsp3) is 0.0769. The summed E-state index contributed by atoms with van der Waals surface area (Å²) in [5.74, 6) is 0. The molecule has 0 fully saturated rings. The molecule has 0 atom stereocenters. The second kappa shape index (κ2) is 17.2. The van der Waals surface area contributed by atoms with Gasteiger partial charge in [0.2, 0.25) is 0 Å². The van der Waals surface area contributed by atoms with Crippen LogP contribution in [0.1, 0.15) is 49.9 Å². The molecule has 4 heteroatoms. The molecule has 2 aliphatic carbocycles. The SMILES string of the molecule is CC1(C)c2ccccc2-c2ccc(-c3cc4ccc5cc(-c6ccc7c(c6)C(C)(C)c6ccccc6-7)c(-c6ccc(-c7cccc8c7oc7ccccc78)cc6)nc5c4nc3-c3ccc(-c4cccc5c4oc4ccccc45)cc3)cc21. The van der Waals surface area contributed by atoms with Gasteiger partial charge in [0.25, 0.3) is 0 Å². The molecule has 4 nitrogen and oxygen atoms in total. The van der Waals surface area contributed by atoms with Crippen LogP contribution in [0.4, 0.5) is 0 Å². The number of pyridine rings is 2. The minimum atomic E-state index is -0.169. The number of hydrogen-bond donors (Lipinski definition) is 0. The van der Waals surface area contributed by atoms with E-state index in [0.717, 1.165) is 133 Å². The van der Waals surface area contributed by atoms with Crippen molar-refractivity contribution >= 4 is 65.7 Å². The number of furan rings is 2. The van der Waals surface area contributed by atoms with Crippen molar-refractivity contribution in [3.63, 3.8) is 0 Å². The van der Waals surface area contributed by atoms with Crippen LogP contribution in [-0.2, 0) is 10.8 Å². The predicted molar refractivity (Wildman–Crippen MR) is 339 cm³/mol. The summed E-state index contributed by atoms with van der Waals surface area (Å²) in [6.07, 6.45) is 0. The maximum absolute atomic E-state index is 6.54. The number of para-hydroxylation sites is 4. The lowest BCUT2D eigenvalue weighted by atomic mass is 9.81. The van der Waals surface area contributed by atoms with Crippen molar-refractivity contribution in [1.82, 2.24) is 9.97 Å². The standard InChI is InChI=1S/C78H52N2O2/c1-77(2)65-23-9-5-15-55(65)57-39-37-49(43-67(57)77)63-41-51-35-36-52-42-64(50-38-40-58-56-16-6-10-24-66(56)78(3,4)68(58)44-50)72(48-33-29-46(30-34-48)54-20-14-22-62-60-18-8-12-26-70(60)82-76(54)62)80-74(52)73(51)79-71(63)47-31-27-45(28-32-47)53-19-13-21-61-59-17-7-11-25-69(59)81-75(53)61/h5-44H,1-4H3. The Bertz CT molecular complexity index is 4880. The van der Waals surface area contributed by atoms with E-state index in [1.807, 2.05) is 24.3 Å². The highest BCUT2D eigenvalue weighted by molar-refractivity contribution is 6.12. The van der Waals surface area contributed by atoms with Gasteiger partial charge in [0.15, 0.2) is 0 Å². The Kier molecular flexibility index (Phi) is 9.79. The fourth-order valence-electron chi connectivity index (χ4n) is 14.1. The van der Waals surface area contributed by atoms with Crippen molar-refractivity contribution in [2.24, 2.45) is 0 Å². The number of nitrogens with zero attached hydrogens (tertiary/aromatic N) is 2. The summed E-state index contributed by atoms with van der Waals surface area (Å²) in [7, 11) is 0. The number of hydrogen-bond acceptors (Lipinski definition) is 4. The van der Waals surface area contributed by atoms with E-state index >= 15 is 0 Å². The topological polar surface area (TPSA) is 52.1 Å². The first-order chi connectivity index (χ1) is 40.1. The van der Waals surface area contributed by atoms with E-state index in [1.165, 1.54) is 44.5 Å². The highest BCUT2D eigenvalue weighted by Crippen LogP contribution is 2.53. The van der Waals surface area contributed by atoms with E-state index in [9.17, 15) is 0 Å². The van der Waals surface area contributed by atoms with Crippen LogP contribution in [0.3, 0.4) is 0 Å². The fourth-order valence-corrected chi connectivity index (χ4v) is 14.1. The van der Waals surface area contributed by atoms with Gasteiger partial charge in [-0.1, -0.05) is 234 Å². The number of rotatable bonds is 6. The summed E-state index contributed by atoms with van der Waals surface area (Å²) in [4.78, 5) is 11.7. The van der Waals surface area contributed by atoms with E-state index < -0.39 is 0 Å². The van der Waals surface area contributed by atoms with Gasteiger partial charge in [-0.3, -0.25) is 0 Å². The Morgan fingerprint density at radius 3 is 1.07 bits per heavy atom. The van der Waals surface area contributed by atoms with Crippen LogP contribution < -0.4 is 0 Å². The van der Waals surface area contributed by atoms with Crippen LogP contribution >= 0.6 is 0 Å². The maximum Gasteiger partial charge on any atom is 0.143 e.